The summed E-state index contributed by atoms with van der Waals surface area (Å²) >= 11 is 11.5. The van der Waals surface area contributed by atoms with Gasteiger partial charge in [-0.3, -0.25) is 20.2 Å². The van der Waals surface area contributed by atoms with Crippen molar-refractivity contribution >= 4 is 77.2 Å². The molecule has 1 unspecified atom stereocenters. The van der Waals surface area contributed by atoms with Crippen LogP contribution in [0, 0.1) is 10.1 Å². The van der Waals surface area contributed by atoms with Crippen molar-refractivity contribution < 1.29 is 66.1 Å². The smallest absolute Gasteiger partial charge is 0.416 e. The molecule has 318 valence electrons. The van der Waals surface area contributed by atoms with E-state index >= 15 is 0 Å². The summed E-state index contributed by atoms with van der Waals surface area (Å²) in [5.74, 6) is -2.53. The standard InChI is InChI=1S/C18H13ClF3NO7.C7H12ClN5.C3H8NO5P.C3H9S/c1-2-28-16(24)9-29-17(25)12-8-11(4-5-14(12)23(26)27)30-15-6-3-10(7-13(15)19)18(20,21)22;1-3-9-6-11-5(8)12-7(13-6)10-4-2;5-3(6)1-4-2-10(7,8)9;1-4(2)3/h3-8H,2,9H2,1H3;3-4H2,1-2H3,(H2,9,10,11,12,13);4H,1-2H2,(H,5,6)(H2,7,8,9);1-3H3/q;;;+1/p-1. The fourth-order valence-corrected chi connectivity index (χ4v) is 4.10. The number of benzene rings is 2. The number of carboxylic acids is 1. The molecule has 5 N–H and O–H groups in total. The first-order chi connectivity index (χ1) is 26.4. The van der Waals surface area contributed by atoms with Gasteiger partial charge < -0.3 is 44.3 Å². The van der Waals surface area contributed by atoms with Crippen LogP contribution in [0.1, 0.15) is 36.7 Å². The predicted octanol–water partition coefficient (Wildman–Crippen LogP) is 4.83. The van der Waals surface area contributed by atoms with Crippen LogP contribution in [0.25, 0.3) is 0 Å². The van der Waals surface area contributed by atoms with Crippen LogP contribution in [0.2, 0.25) is 10.3 Å². The summed E-state index contributed by atoms with van der Waals surface area (Å²) in [7, 11) is -3.71. The van der Waals surface area contributed by atoms with Gasteiger partial charge in [0.05, 0.1) is 53.7 Å². The van der Waals surface area contributed by atoms with Gasteiger partial charge in [0, 0.05) is 25.2 Å². The Hall–Kier alpha value is -4.51. The zero-order chi connectivity index (χ0) is 43.9. The minimum Gasteiger partial charge on any atom is -0.778 e. The van der Waals surface area contributed by atoms with Crippen molar-refractivity contribution in [2.45, 2.75) is 26.9 Å². The van der Waals surface area contributed by atoms with Gasteiger partial charge in [-0.2, -0.15) is 28.1 Å². The molecule has 19 nitrogen and oxygen atoms in total. The van der Waals surface area contributed by atoms with Crippen LogP contribution in [-0.4, -0.2) is 106 Å². The quantitative estimate of drug-likeness (QED) is 0.0449. The number of carboxylic acid groups (broad SMARTS) is 1. The first-order valence-electron chi connectivity index (χ1n) is 15.9. The summed E-state index contributed by atoms with van der Waals surface area (Å²) in [6, 6.07) is 5.35. The third kappa shape index (κ3) is 24.0. The SMILES string of the molecule is CCNc1nc(Cl)nc(NCC)n1.CCOC(=O)COC(=O)c1cc(Oc2ccc(C(F)(F)F)cc2Cl)ccc1[N+](=O)[O-].C[S+](C)C.O=C(O)CNCP(=O)([O-])O. The first kappa shape index (κ1) is 52.5. The molecule has 0 radical (unpaired) electrons. The fraction of sp³-hybridized carbons (Fsp3) is 0.419. The van der Waals surface area contributed by atoms with Crippen LogP contribution in [0.15, 0.2) is 36.4 Å². The van der Waals surface area contributed by atoms with Crippen LogP contribution in [0.3, 0.4) is 0 Å². The van der Waals surface area contributed by atoms with Crippen molar-refractivity contribution in [3.05, 3.63) is 67.9 Å². The summed E-state index contributed by atoms with van der Waals surface area (Å²) in [4.78, 5) is 73.4. The lowest BCUT2D eigenvalue weighted by atomic mass is 10.1. The Labute approximate surface area is 337 Å². The van der Waals surface area contributed by atoms with Gasteiger partial charge in [-0.15, -0.1) is 0 Å². The minimum atomic E-state index is -4.61. The van der Waals surface area contributed by atoms with Crippen molar-refractivity contribution in [3.8, 4) is 11.5 Å². The van der Waals surface area contributed by atoms with Crippen LogP contribution in [0.5, 0.6) is 11.5 Å². The number of carbonyl (C=O) groups excluding carboxylic acids is 2. The van der Waals surface area contributed by atoms with Gasteiger partial charge in [-0.05, 0) is 67.5 Å². The predicted molar refractivity (Wildman–Crippen MR) is 205 cm³/mol. The number of anilines is 2. The molecule has 0 aliphatic heterocycles. The Balaban J connectivity index is 0.000000947. The van der Waals surface area contributed by atoms with Gasteiger partial charge in [0.15, 0.2) is 6.61 Å². The number of carbonyl (C=O) groups is 3. The lowest BCUT2D eigenvalue weighted by molar-refractivity contribution is -0.385. The number of hydrogen-bond acceptors (Lipinski definition) is 16. The van der Waals surface area contributed by atoms with E-state index in [0.717, 1.165) is 43.4 Å². The van der Waals surface area contributed by atoms with Gasteiger partial charge in [0.25, 0.3) is 5.69 Å². The number of aliphatic carboxylic acids is 1. The van der Waals surface area contributed by atoms with Crippen molar-refractivity contribution in [1.29, 1.82) is 0 Å². The van der Waals surface area contributed by atoms with Gasteiger partial charge in [0.1, 0.15) is 24.7 Å². The Morgan fingerprint density at radius 2 is 1.53 bits per heavy atom. The molecule has 0 bridgehead atoms. The molecule has 2 aromatic carbocycles. The Morgan fingerprint density at radius 1 is 0.965 bits per heavy atom. The molecule has 0 amide bonds. The molecule has 3 rings (SSSR count). The number of hydrogen-bond donors (Lipinski definition) is 5. The highest BCUT2D eigenvalue weighted by Crippen LogP contribution is 2.37. The second-order valence-electron chi connectivity index (χ2n) is 10.7. The maximum absolute atomic E-state index is 12.7. The highest BCUT2D eigenvalue weighted by molar-refractivity contribution is 7.94. The first-order valence-corrected chi connectivity index (χ1v) is 20.9. The van der Waals surface area contributed by atoms with E-state index in [4.69, 9.17) is 42.7 Å². The molecular formula is C31H41Cl2F3N7O12PS. The van der Waals surface area contributed by atoms with Crippen molar-refractivity contribution in [3.63, 3.8) is 0 Å². The largest absolute Gasteiger partial charge is 0.778 e. The average molecular weight is 895 g/mol. The molecule has 0 spiro atoms. The molecule has 3 aromatic rings. The number of nitro benzene ring substituents is 1. The van der Waals surface area contributed by atoms with Crippen LogP contribution >= 0.6 is 30.8 Å². The van der Waals surface area contributed by atoms with Crippen molar-refractivity contribution in [1.82, 2.24) is 20.3 Å². The number of esters is 2. The van der Waals surface area contributed by atoms with Crippen LogP contribution in [-0.2, 0) is 40.7 Å². The summed E-state index contributed by atoms with van der Waals surface area (Å²) in [6.45, 7) is 5.78. The molecular weight excluding hydrogens is 853 g/mol. The van der Waals surface area contributed by atoms with Crippen molar-refractivity contribution in [2.75, 3.05) is 68.5 Å². The summed E-state index contributed by atoms with van der Waals surface area (Å²) in [5.41, 5.74) is -2.16. The van der Waals surface area contributed by atoms with Gasteiger partial charge in [-0.1, -0.05) is 11.6 Å². The minimum absolute atomic E-state index is 0.0493. The molecule has 26 heteroatoms. The van der Waals surface area contributed by atoms with E-state index in [1.54, 1.807) is 0 Å². The topological polar surface area (TPSA) is 277 Å². The van der Waals surface area contributed by atoms with E-state index in [1.807, 2.05) is 19.2 Å². The normalized spacial score (nSPS) is 11.5. The van der Waals surface area contributed by atoms with E-state index in [-0.39, 0.29) is 28.4 Å². The van der Waals surface area contributed by atoms with E-state index in [0.29, 0.717) is 28.9 Å². The molecule has 0 saturated carbocycles. The Morgan fingerprint density at radius 3 is 1.96 bits per heavy atom. The van der Waals surface area contributed by atoms with Gasteiger partial charge in [0.2, 0.25) is 17.2 Å². The molecule has 1 heterocycles. The maximum Gasteiger partial charge on any atom is 0.416 e. The number of nitrogens with one attached hydrogen (secondary N) is 3. The van der Waals surface area contributed by atoms with E-state index in [2.05, 4.69) is 49.1 Å². The van der Waals surface area contributed by atoms with E-state index < -0.39 is 72.9 Å². The highest BCUT2D eigenvalue weighted by atomic mass is 35.5. The lowest BCUT2D eigenvalue weighted by Crippen LogP contribution is -2.25. The summed E-state index contributed by atoms with van der Waals surface area (Å²) in [6.07, 6.45) is 1.27. The number of alkyl halides is 3. The zero-order valence-electron chi connectivity index (χ0n) is 31.2. The molecule has 0 saturated heterocycles. The number of nitrogens with zero attached hydrogens (tertiary/aromatic N) is 4. The average Bonchev–Trinajstić information content (AvgIpc) is 3.07. The van der Waals surface area contributed by atoms with E-state index in [9.17, 15) is 47.1 Å². The second-order valence-corrected chi connectivity index (χ2v) is 15.5. The zero-order valence-corrected chi connectivity index (χ0v) is 34.4. The van der Waals surface area contributed by atoms with Crippen molar-refractivity contribution in [2.24, 2.45) is 0 Å². The Kier molecular flexibility index (Phi) is 24.3. The number of rotatable bonds is 15. The molecule has 0 fully saturated rings. The Bertz CT molecular complexity index is 1800. The lowest BCUT2D eigenvalue weighted by Gasteiger charge is -2.14. The van der Waals surface area contributed by atoms with Crippen LogP contribution < -0.4 is 25.6 Å². The molecule has 1 atom stereocenters. The number of halogens is 5. The fourth-order valence-electron chi connectivity index (χ4n) is 3.32. The third-order valence-electron chi connectivity index (χ3n) is 5.36. The number of nitro groups is 1. The molecule has 1 aromatic heterocycles. The molecule has 57 heavy (non-hydrogen) atoms. The van der Waals surface area contributed by atoms with E-state index in [1.165, 1.54) is 6.92 Å². The molecule has 0 aliphatic rings. The van der Waals surface area contributed by atoms with Gasteiger partial charge in [-0.25, -0.2) is 9.59 Å². The number of ether oxygens (including phenoxy) is 3. The summed E-state index contributed by atoms with van der Waals surface area (Å²) in [5, 5.41) is 26.9. The van der Waals surface area contributed by atoms with Crippen LogP contribution in [0.4, 0.5) is 30.8 Å². The monoisotopic (exact) mass is 893 g/mol. The maximum atomic E-state index is 12.7. The summed E-state index contributed by atoms with van der Waals surface area (Å²) < 4.78 is 62.7. The highest BCUT2D eigenvalue weighted by Gasteiger charge is 2.31. The third-order valence-corrected chi connectivity index (χ3v) is 6.45. The second kappa shape index (κ2) is 26.4. The molecule has 0 aliphatic carbocycles. The van der Waals surface area contributed by atoms with Gasteiger partial charge >= 0.3 is 24.1 Å². The number of aromatic nitrogens is 3.